The van der Waals surface area contributed by atoms with Gasteiger partial charge in [-0.1, -0.05) is 6.92 Å². The molecule has 19 heavy (non-hydrogen) atoms. The highest BCUT2D eigenvalue weighted by molar-refractivity contribution is 5.76. The Balaban J connectivity index is 2.43. The Morgan fingerprint density at radius 3 is 2.79 bits per heavy atom. The first kappa shape index (κ1) is 16.4. The average Bonchev–Trinajstić information content (AvgIpc) is 2.87. The summed E-state index contributed by atoms with van der Waals surface area (Å²) in [5.74, 6) is 0.467. The third-order valence-electron chi connectivity index (χ3n) is 3.50. The fraction of sp³-hybridized carbons (Fsp3) is 0.929. The van der Waals surface area contributed by atoms with E-state index in [0.29, 0.717) is 32.2 Å². The van der Waals surface area contributed by atoms with Crippen LogP contribution in [0.15, 0.2) is 0 Å². The molecular formula is C14H28N2O3. The highest BCUT2D eigenvalue weighted by atomic mass is 16.5. The molecule has 0 saturated carbocycles. The van der Waals surface area contributed by atoms with Crippen LogP contribution in [0.4, 0.5) is 0 Å². The molecule has 0 bridgehead atoms. The van der Waals surface area contributed by atoms with Crippen molar-refractivity contribution in [2.24, 2.45) is 5.92 Å². The van der Waals surface area contributed by atoms with Gasteiger partial charge in [-0.3, -0.25) is 4.79 Å². The lowest BCUT2D eigenvalue weighted by atomic mass is 10.1. The minimum absolute atomic E-state index is 0.204. The highest BCUT2D eigenvalue weighted by Crippen LogP contribution is 2.10. The Morgan fingerprint density at radius 1 is 1.42 bits per heavy atom. The smallest absolute Gasteiger partial charge is 0.223 e. The number of hydrogen-bond acceptors (Lipinski definition) is 4. The lowest BCUT2D eigenvalue weighted by molar-refractivity contribution is -0.133. The summed E-state index contributed by atoms with van der Waals surface area (Å²) < 4.78 is 10.2. The molecule has 1 aliphatic rings. The van der Waals surface area contributed by atoms with Gasteiger partial charge in [0, 0.05) is 46.4 Å². The van der Waals surface area contributed by atoms with E-state index in [4.69, 9.17) is 9.47 Å². The zero-order valence-corrected chi connectivity index (χ0v) is 12.5. The van der Waals surface area contributed by atoms with Crippen LogP contribution < -0.4 is 5.32 Å². The van der Waals surface area contributed by atoms with Crippen molar-refractivity contribution in [3.05, 3.63) is 0 Å². The summed E-state index contributed by atoms with van der Waals surface area (Å²) in [5, 5.41) is 3.44. The number of hydrogen-bond donors (Lipinski definition) is 1. The molecule has 112 valence electrons. The molecule has 0 aromatic heterocycles. The minimum Gasteiger partial charge on any atom is -0.384 e. The predicted molar refractivity (Wildman–Crippen MR) is 75.1 cm³/mol. The zero-order chi connectivity index (χ0) is 14.1. The van der Waals surface area contributed by atoms with E-state index in [1.165, 1.54) is 6.42 Å². The maximum Gasteiger partial charge on any atom is 0.223 e. The van der Waals surface area contributed by atoms with E-state index in [0.717, 1.165) is 19.5 Å². The van der Waals surface area contributed by atoms with Crippen LogP contribution in [0.5, 0.6) is 0 Å². The molecule has 2 unspecified atom stereocenters. The summed E-state index contributed by atoms with van der Waals surface area (Å²) in [4.78, 5) is 14.2. The van der Waals surface area contributed by atoms with Gasteiger partial charge in [0.15, 0.2) is 0 Å². The number of rotatable bonds is 9. The van der Waals surface area contributed by atoms with Gasteiger partial charge in [0.2, 0.25) is 5.91 Å². The maximum atomic E-state index is 12.3. The summed E-state index contributed by atoms with van der Waals surface area (Å²) in [6.07, 6.45) is 2.91. The molecule has 1 aliphatic heterocycles. The molecule has 2 atom stereocenters. The average molecular weight is 272 g/mol. The van der Waals surface area contributed by atoms with E-state index < -0.39 is 0 Å². The summed E-state index contributed by atoms with van der Waals surface area (Å²) >= 11 is 0. The third-order valence-corrected chi connectivity index (χ3v) is 3.50. The van der Waals surface area contributed by atoms with Crippen LogP contribution >= 0.6 is 0 Å². The minimum atomic E-state index is 0.204. The first-order valence-corrected chi connectivity index (χ1v) is 7.16. The highest BCUT2D eigenvalue weighted by Gasteiger charge is 2.22. The third kappa shape index (κ3) is 6.36. The summed E-state index contributed by atoms with van der Waals surface area (Å²) in [6.45, 7) is 5.80. The molecule has 5 heteroatoms. The van der Waals surface area contributed by atoms with E-state index in [1.54, 1.807) is 14.2 Å². The van der Waals surface area contributed by atoms with Crippen LogP contribution in [0, 0.1) is 5.92 Å². The van der Waals surface area contributed by atoms with Crippen LogP contribution in [0.25, 0.3) is 0 Å². The van der Waals surface area contributed by atoms with Crippen LogP contribution in [-0.4, -0.2) is 63.9 Å². The van der Waals surface area contributed by atoms with E-state index in [2.05, 4.69) is 5.32 Å². The topological polar surface area (TPSA) is 50.8 Å². The molecule has 1 saturated heterocycles. The van der Waals surface area contributed by atoms with Gasteiger partial charge in [0.1, 0.15) is 0 Å². The Labute approximate surface area is 116 Å². The second-order valence-corrected chi connectivity index (χ2v) is 5.39. The molecule has 0 aliphatic carbocycles. The molecule has 1 rings (SSSR count). The molecular weight excluding hydrogens is 244 g/mol. The number of nitrogens with one attached hydrogen (secondary N) is 1. The number of nitrogens with zero attached hydrogens (tertiary/aromatic N) is 1. The Hall–Kier alpha value is -0.650. The van der Waals surface area contributed by atoms with Crippen molar-refractivity contribution in [2.45, 2.75) is 32.2 Å². The number of carbonyl (C=O) groups is 1. The molecule has 0 spiro atoms. The molecule has 0 radical (unpaired) electrons. The summed E-state index contributed by atoms with van der Waals surface area (Å²) in [6, 6.07) is 0.443. The lowest BCUT2D eigenvalue weighted by Crippen LogP contribution is -2.43. The fourth-order valence-electron chi connectivity index (χ4n) is 2.47. The van der Waals surface area contributed by atoms with Crippen molar-refractivity contribution in [3.63, 3.8) is 0 Å². The largest absolute Gasteiger partial charge is 0.384 e. The van der Waals surface area contributed by atoms with Crippen molar-refractivity contribution in [3.8, 4) is 0 Å². The Morgan fingerprint density at radius 2 is 2.21 bits per heavy atom. The summed E-state index contributed by atoms with van der Waals surface area (Å²) in [5.41, 5.74) is 0. The predicted octanol–water partition coefficient (Wildman–Crippen LogP) is 0.886. The van der Waals surface area contributed by atoms with Gasteiger partial charge in [-0.05, 0) is 25.3 Å². The monoisotopic (exact) mass is 272 g/mol. The van der Waals surface area contributed by atoms with Gasteiger partial charge >= 0.3 is 0 Å². The zero-order valence-electron chi connectivity index (χ0n) is 12.5. The van der Waals surface area contributed by atoms with Crippen LogP contribution in [0.1, 0.15) is 26.2 Å². The van der Waals surface area contributed by atoms with E-state index in [-0.39, 0.29) is 11.8 Å². The van der Waals surface area contributed by atoms with Crippen molar-refractivity contribution in [2.75, 3.05) is 47.1 Å². The van der Waals surface area contributed by atoms with Crippen molar-refractivity contribution in [1.29, 1.82) is 0 Å². The summed E-state index contributed by atoms with van der Waals surface area (Å²) in [7, 11) is 3.34. The van der Waals surface area contributed by atoms with Gasteiger partial charge < -0.3 is 19.7 Å². The van der Waals surface area contributed by atoms with Gasteiger partial charge in [0.05, 0.1) is 6.61 Å². The fourth-order valence-corrected chi connectivity index (χ4v) is 2.47. The Kier molecular flexibility index (Phi) is 8.02. The molecule has 1 heterocycles. The molecule has 5 nitrogen and oxygen atoms in total. The molecule has 1 fully saturated rings. The first-order chi connectivity index (χ1) is 9.17. The maximum absolute atomic E-state index is 12.3. The molecule has 0 aromatic rings. The van der Waals surface area contributed by atoms with Crippen LogP contribution in [0.3, 0.4) is 0 Å². The lowest BCUT2D eigenvalue weighted by Gasteiger charge is -2.26. The van der Waals surface area contributed by atoms with Crippen molar-refractivity contribution < 1.29 is 14.3 Å². The van der Waals surface area contributed by atoms with Crippen molar-refractivity contribution in [1.82, 2.24) is 10.2 Å². The molecule has 0 aromatic carbocycles. The quantitative estimate of drug-likeness (QED) is 0.677. The van der Waals surface area contributed by atoms with Gasteiger partial charge in [-0.2, -0.15) is 0 Å². The van der Waals surface area contributed by atoms with E-state index in [9.17, 15) is 4.79 Å². The number of methoxy groups -OCH3 is 2. The SMILES string of the molecule is COCCN(CC1CCCN1)C(=O)CC(C)COC. The van der Waals surface area contributed by atoms with Crippen LogP contribution in [-0.2, 0) is 14.3 Å². The van der Waals surface area contributed by atoms with Gasteiger partial charge in [-0.15, -0.1) is 0 Å². The number of carbonyl (C=O) groups excluding carboxylic acids is 1. The van der Waals surface area contributed by atoms with Gasteiger partial charge in [-0.25, -0.2) is 0 Å². The normalized spacial score (nSPS) is 20.5. The number of amides is 1. The van der Waals surface area contributed by atoms with Gasteiger partial charge in [0.25, 0.3) is 0 Å². The van der Waals surface area contributed by atoms with E-state index in [1.807, 2.05) is 11.8 Å². The standard InChI is InChI=1S/C14H28N2O3/c1-12(11-19-3)9-14(17)16(7-8-18-2)10-13-5-4-6-15-13/h12-13,15H,4-11H2,1-3H3. The van der Waals surface area contributed by atoms with Crippen LogP contribution in [0.2, 0.25) is 0 Å². The second-order valence-electron chi connectivity index (χ2n) is 5.39. The molecule has 1 N–H and O–H groups in total. The molecule has 1 amide bonds. The second kappa shape index (κ2) is 9.28. The first-order valence-electron chi connectivity index (χ1n) is 7.16. The van der Waals surface area contributed by atoms with Crippen molar-refractivity contribution >= 4 is 5.91 Å². The van der Waals surface area contributed by atoms with E-state index >= 15 is 0 Å². The number of ether oxygens (including phenoxy) is 2. The Bertz CT molecular complexity index is 255.